The monoisotopic (exact) mass is 584 g/mol. The number of nitrogens with zero attached hydrogens (tertiary/aromatic N) is 4. The quantitative estimate of drug-likeness (QED) is 0.273. The molecule has 0 aliphatic heterocycles. The van der Waals surface area contributed by atoms with Crippen LogP contribution in [0.3, 0.4) is 0 Å². The van der Waals surface area contributed by atoms with E-state index in [2.05, 4.69) is 33.1 Å². The van der Waals surface area contributed by atoms with Crippen LogP contribution in [0.25, 0.3) is 16.8 Å². The number of amides is 2. The van der Waals surface area contributed by atoms with Crippen molar-refractivity contribution in [3.05, 3.63) is 95.4 Å². The molecular weight excluding hydrogens is 552 g/mol. The number of carbonyl (C=O) groups is 2. The summed E-state index contributed by atoms with van der Waals surface area (Å²) in [6.07, 6.45) is 4.10. The van der Waals surface area contributed by atoms with Gasteiger partial charge in [0.1, 0.15) is 11.5 Å². The normalized spacial score (nSPS) is 11.5. The van der Waals surface area contributed by atoms with Gasteiger partial charge >= 0.3 is 0 Å². The second-order valence-corrected chi connectivity index (χ2v) is 13.1. The smallest absolute Gasteiger partial charge is 0.275 e. The number of sulfonamides is 1. The van der Waals surface area contributed by atoms with E-state index in [1.165, 1.54) is 37.7 Å². The van der Waals surface area contributed by atoms with E-state index in [-0.39, 0.29) is 11.4 Å². The lowest BCUT2D eigenvalue weighted by Crippen LogP contribution is -2.42. The first kappa shape index (κ1) is 30.1. The molecule has 2 N–H and O–H groups in total. The van der Waals surface area contributed by atoms with Crippen molar-refractivity contribution in [2.75, 3.05) is 5.32 Å². The Morgan fingerprint density at radius 1 is 1.00 bits per heavy atom. The van der Waals surface area contributed by atoms with Crippen LogP contribution in [0.1, 0.15) is 72.6 Å². The largest absolute Gasteiger partial charge is 0.305 e. The summed E-state index contributed by atoms with van der Waals surface area (Å²) in [6, 6.07) is 20.6. The Balaban J connectivity index is 1.59. The molecule has 0 radical (unpaired) electrons. The molecule has 0 aliphatic rings. The molecular formula is C31H32N6O4S. The van der Waals surface area contributed by atoms with Crippen LogP contribution in [-0.2, 0) is 16.4 Å². The van der Waals surface area contributed by atoms with Crippen molar-refractivity contribution in [3.63, 3.8) is 0 Å². The van der Waals surface area contributed by atoms with Crippen LogP contribution < -0.4 is 10.0 Å². The lowest BCUT2D eigenvalue weighted by atomic mass is 10.0. The highest BCUT2D eigenvalue weighted by Crippen LogP contribution is 2.25. The van der Waals surface area contributed by atoms with Crippen molar-refractivity contribution < 1.29 is 18.0 Å². The molecule has 0 unspecified atom stereocenters. The molecule has 4 aromatic rings. The van der Waals surface area contributed by atoms with Crippen molar-refractivity contribution >= 4 is 27.7 Å². The Bertz CT molecular complexity index is 1760. The minimum absolute atomic E-state index is 0.173. The fourth-order valence-corrected chi connectivity index (χ4v) is 4.71. The van der Waals surface area contributed by atoms with Crippen LogP contribution in [0.4, 0.5) is 5.82 Å². The lowest BCUT2D eigenvalue weighted by molar-refractivity contribution is 0.0979. The van der Waals surface area contributed by atoms with Gasteiger partial charge in [-0.1, -0.05) is 37.6 Å². The second kappa shape index (κ2) is 12.4. The Kier molecular flexibility index (Phi) is 8.87. The minimum Gasteiger partial charge on any atom is -0.305 e. The fraction of sp³-hybridized carbons (Fsp3) is 0.258. The Hall–Kier alpha value is -4.82. The number of nitriles is 1. The number of unbranched alkanes of at least 4 members (excludes halogenated alkanes) is 1. The predicted octanol–water partition coefficient (Wildman–Crippen LogP) is 5.26. The van der Waals surface area contributed by atoms with Gasteiger partial charge in [-0.15, -0.1) is 0 Å². The molecule has 216 valence electrons. The number of nitrogens with one attached hydrogen (secondary N) is 2. The van der Waals surface area contributed by atoms with E-state index in [0.717, 1.165) is 18.5 Å². The minimum atomic E-state index is -3.91. The van der Waals surface area contributed by atoms with E-state index < -0.39 is 26.6 Å². The molecule has 42 heavy (non-hydrogen) atoms. The van der Waals surface area contributed by atoms with Crippen molar-refractivity contribution in [2.45, 2.75) is 51.7 Å². The van der Waals surface area contributed by atoms with Gasteiger partial charge in [-0.05, 0) is 81.6 Å². The van der Waals surface area contributed by atoms with Gasteiger partial charge < -0.3 is 5.32 Å². The maximum absolute atomic E-state index is 13.4. The molecule has 0 spiro atoms. The molecule has 4 rings (SSSR count). The SMILES string of the molecule is CCCCc1cc(C(=O)Nc2ccc(-c3ccccc3C(=O)NS(=O)(=O)C(C)(C)C)cn2)n(-c2cccc(C#N)c2)n1. The van der Waals surface area contributed by atoms with Gasteiger partial charge in [-0.3, -0.25) is 9.59 Å². The molecule has 0 atom stereocenters. The summed E-state index contributed by atoms with van der Waals surface area (Å²) in [6.45, 7) is 6.60. The summed E-state index contributed by atoms with van der Waals surface area (Å²) >= 11 is 0. The van der Waals surface area contributed by atoms with Gasteiger partial charge in [-0.2, -0.15) is 10.4 Å². The predicted molar refractivity (Wildman–Crippen MR) is 161 cm³/mol. The first-order valence-electron chi connectivity index (χ1n) is 13.5. The number of aryl methyl sites for hydroxylation is 1. The standard InChI is InChI=1S/C31H32N6O4S/c1-5-6-11-23-18-27(37(35-23)24-12-9-10-21(17-24)19-32)30(39)34-28-16-15-22(20-33-28)25-13-7-8-14-26(25)29(38)36-42(40,41)31(2,3)4/h7-10,12-18,20H,5-6,11H2,1-4H3,(H,36,38)(H,33,34,39). The zero-order valence-corrected chi connectivity index (χ0v) is 24.7. The molecule has 0 saturated heterocycles. The summed E-state index contributed by atoms with van der Waals surface area (Å²) in [5.41, 5.74) is 3.32. The third-order valence-corrected chi connectivity index (χ3v) is 8.59. The zero-order valence-electron chi connectivity index (χ0n) is 23.9. The molecule has 2 aromatic heterocycles. The number of hydrogen-bond acceptors (Lipinski definition) is 7. The third kappa shape index (κ3) is 6.72. The summed E-state index contributed by atoms with van der Waals surface area (Å²) in [7, 11) is -3.91. The molecule has 2 aromatic carbocycles. The highest BCUT2D eigenvalue weighted by molar-refractivity contribution is 7.91. The van der Waals surface area contributed by atoms with E-state index in [1.54, 1.807) is 60.7 Å². The fourth-order valence-electron chi connectivity index (χ4n) is 4.05. The number of benzene rings is 2. The number of pyridine rings is 1. The van der Waals surface area contributed by atoms with Crippen LogP contribution in [-0.4, -0.2) is 39.7 Å². The zero-order chi connectivity index (χ0) is 30.5. The average molecular weight is 585 g/mol. The van der Waals surface area contributed by atoms with Crippen molar-refractivity contribution in [2.24, 2.45) is 0 Å². The third-order valence-electron chi connectivity index (χ3n) is 6.52. The van der Waals surface area contributed by atoms with E-state index in [0.29, 0.717) is 34.5 Å². The van der Waals surface area contributed by atoms with Crippen LogP contribution >= 0.6 is 0 Å². The molecule has 11 heteroatoms. The van der Waals surface area contributed by atoms with E-state index >= 15 is 0 Å². The van der Waals surface area contributed by atoms with Gasteiger partial charge in [0.15, 0.2) is 0 Å². The molecule has 0 bridgehead atoms. The van der Waals surface area contributed by atoms with Crippen LogP contribution in [0.15, 0.2) is 72.9 Å². The van der Waals surface area contributed by atoms with Crippen molar-refractivity contribution in [3.8, 4) is 22.9 Å². The molecule has 0 saturated carbocycles. The topological polar surface area (TPSA) is 147 Å². The number of aromatic nitrogens is 3. The van der Waals surface area contributed by atoms with Crippen LogP contribution in [0, 0.1) is 11.3 Å². The van der Waals surface area contributed by atoms with Gasteiger partial charge in [0.05, 0.1) is 27.8 Å². The van der Waals surface area contributed by atoms with Crippen molar-refractivity contribution in [1.29, 1.82) is 5.26 Å². The summed E-state index contributed by atoms with van der Waals surface area (Å²) in [5, 5.41) is 16.7. The Morgan fingerprint density at radius 3 is 2.43 bits per heavy atom. The van der Waals surface area contributed by atoms with E-state index in [1.807, 2.05) is 0 Å². The summed E-state index contributed by atoms with van der Waals surface area (Å²) in [4.78, 5) is 30.7. The van der Waals surface area contributed by atoms with Crippen LogP contribution in [0.5, 0.6) is 0 Å². The molecule has 10 nitrogen and oxygen atoms in total. The molecule has 0 fully saturated rings. The van der Waals surface area contributed by atoms with Crippen LogP contribution in [0.2, 0.25) is 0 Å². The van der Waals surface area contributed by atoms with Gasteiger partial charge in [0, 0.05) is 17.3 Å². The van der Waals surface area contributed by atoms with E-state index in [9.17, 15) is 23.3 Å². The first-order valence-corrected chi connectivity index (χ1v) is 14.9. The lowest BCUT2D eigenvalue weighted by Gasteiger charge is -2.20. The number of hydrogen-bond donors (Lipinski definition) is 2. The average Bonchev–Trinajstić information content (AvgIpc) is 3.40. The highest BCUT2D eigenvalue weighted by Gasteiger charge is 2.31. The molecule has 2 heterocycles. The summed E-state index contributed by atoms with van der Waals surface area (Å²) in [5.74, 6) is -0.903. The molecule has 0 aliphatic carbocycles. The molecule has 2 amide bonds. The maximum atomic E-state index is 13.4. The van der Waals surface area contributed by atoms with Gasteiger partial charge in [-0.25, -0.2) is 22.8 Å². The summed E-state index contributed by atoms with van der Waals surface area (Å²) < 4.78 is 27.6. The van der Waals surface area contributed by atoms with Gasteiger partial charge in [0.2, 0.25) is 10.0 Å². The Labute approximate surface area is 245 Å². The van der Waals surface area contributed by atoms with Gasteiger partial charge in [0.25, 0.3) is 11.8 Å². The number of rotatable bonds is 9. The number of anilines is 1. The van der Waals surface area contributed by atoms with Crippen molar-refractivity contribution in [1.82, 2.24) is 19.5 Å². The maximum Gasteiger partial charge on any atom is 0.275 e. The van der Waals surface area contributed by atoms with E-state index in [4.69, 9.17) is 0 Å². The first-order chi connectivity index (χ1) is 19.9. The Morgan fingerprint density at radius 2 is 1.76 bits per heavy atom. The second-order valence-electron chi connectivity index (χ2n) is 10.7. The highest BCUT2D eigenvalue weighted by atomic mass is 32.2. The number of carbonyl (C=O) groups excluding carboxylic acids is 2.